The summed E-state index contributed by atoms with van der Waals surface area (Å²) in [6.45, 7) is 6.86. The van der Waals surface area contributed by atoms with Crippen LogP contribution in [-0.2, 0) is 15.6 Å². The molecule has 0 aromatic heterocycles. The van der Waals surface area contributed by atoms with Crippen LogP contribution in [0.3, 0.4) is 0 Å². The molecule has 0 amide bonds. The van der Waals surface area contributed by atoms with Gasteiger partial charge in [0, 0.05) is 11.6 Å². The lowest BCUT2D eigenvalue weighted by atomic mass is 10.0. The van der Waals surface area contributed by atoms with E-state index in [2.05, 4.69) is 12.2 Å². The zero-order valence-corrected chi connectivity index (χ0v) is 13.6. The van der Waals surface area contributed by atoms with Gasteiger partial charge in [0.1, 0.15) is 5.75 Å². The summed E-state index contributed by atoms with van der Waals surface area (Å²) < 4.78 is 29.3. The SMILES string of the molecule is CCCS(=O)(=O)Cc1cc(C(C)NCC)ccc1OC. The average molecular weight is 299 g/mol. The first-order valence-electron chi connectivity index (χ1n) is 7.04. The van der Waals surface area contributed by atoms with Gasteiger partial charge >= 0.3 is 0 Å². The van der Waals surface area contributed by atoms with E-state index in [0.717, 1.165) is 17.7 Å². The Morgan fingerprint density at radius 1 is 1.30 bits per heavy atom. The highest BCUT2D eigenvalue weighted by molar-refractivity contribution is 7.90. The van der Waals surface area contributed by atoms with Gasteiger partial charge in [-0.05, 0) is 37.6 Å². The third-order valence-corrected chi connectivity index (χ3v) is 4.99. The first-order chi connectivity index (χ1) is 9.43. The lowest BCUT2D eigenvalue weighted by Gasteiger charge is -2.16. The van der Waals surface area contributed by atoms with Crippen molar-refractivity contribution in [2.24, 2.45) is 0 Å². The van der Waals surface area contributed by atoms with E-state index in [4.69, 9.17) is 4.74 Å². The van der Waals surface area contributed by atoms with Crippen LogP contribution < -0.4 is 10.1 Å². The molecular formula is C15H25NO3S. The van der Waals surface area contributed by atoms with Gasteiger partial charge < -0.3 is 10.1 Å². The molecule has 0 saturated heterocycles. The molecule has 0 saturated carbocycles. The molecule has 1 N–H and O–H groups in total. The lowest BCUT2D eigenvalue weighted by Crippen LogP contribution is -2.18. The highest BCUT2D eigenvalue weighted by Crippen LogP contribution is 2.25. The fraction of sp³-hybridized carbons (Fsp3) is 0.600. The molecule has 1 atom stereocenters. The highest BCUT2D eigenvalue weighted by atomic mass is 32.2. The summed E-state index contributed by atoms with van der Waals surface area (Å²) in [7, 11) is -1.50. The molecule has 0 aliphatic carbocycles. The molecule has 0 aliphatic rings. The number of hydrogen-bond donors (Lipinski definition) is 1. The van der Waals surface area contributed by atoms with E-state index in [1.54, 1.807) is 7.11 Å². The third kappa shape index (κ3) is 4.80. The van der Waals surface area contributed by atoms with E-state index in [0.29, 0.717) is 12.2 Å². The molecule has 1 rings (SSSR count). The maximum atomic E-state index is 12.0. The van der Waals surface area contributed by atoms with Crippen LogP contribution in [0.4, 0.5) is 0 Å². The van der Waals surface area contributed by atoms with Crippen LogP contribution in [0.25, 0.3) is 0 Å². The third-order valence-electron chi connectivity index (χ3n) is 3.21. The van der Waals surface area contributed by atoms with Crippen molar-refractivity contribution in [1.29, 1.82) is 0 Å². The van der Waals surface area contributed by atoms with Gasteiger partial charge in [-0.25, -0.2) is 8.42 Å². The second-order valence-electron chi connectivity index (χ2n) is 4.94. The Bertz CT molecular complexity index is 526. The van der Waals surface area contributed by atoms with E-state index in [1.165, 1.54) is 0 Å². The van der Waals surface area contributed by atoms with Crippen molar-refractivity contribution >= 4 is 9.84 Å². The van der Waals surface area contributed by atoms with E-state index >= 15 is 0 Å². The van der Waals surface area contributed by atoms with Gasteiger partial charge in [-0.2, -0.15) is 0 Å². The highest BCUT2D eigenvalue weighted by Gasteiger charge is 2.16. The Morgan fingerprint density at radius 2 is 2.00 bits per heavy atom. The van der Waals surface area contributed by atoms with E-state index < -0.39 is 9.84 Å². The Morgan fingerprint density at radius 3 is 2.55 bits per heavy atom. The van der Waals surface area contributed by atoms with Gasteiger partial charge in [-0.3, -0.25) is 0 Å². The first-order valence-corrected chi connectivity index (χ1v) is 8.86. The van der Waals surface area contributed by atoms with Crippen LogP contribution >= 0.6 is 0 Å². The van der Waals surface area contributed by atoms with Gasteiger partial charge in [0.15, 0.2) is 9.84 Å². The number of sulfone groups is 1. The Labute approximate surface area is 122 Å². The van der Waals surface area contributed by atoms with Gasteiger partial charge in [-0.15, -0.1) is 0 Å². The predicted octanol–water partition coefficient (Wildman–Crippen LogP) is 2.69. The maximum absolute atomic E-state index is 12.0. The molecule has 1 aromatic rings. The fourth-order valence-electron chi connectivity index (χ4n) is 2.22. The molecule has 0 spiro atoms. The van der Waals surface area contributed by atoms with Crippen molar-refractivity contribution in [2.75, 3.05) is 19.4 Å². The summed E-state index contributed by atoms with van der Waals surface area (Å²) in [6.07, 6.45) is 0.637. The molecule has 0 heterocycles. The molecule has 0 aliphatic heterocycles. The van der Waals surface area contributed by atoms with Crippen LogP contribution in [-0.4, -0.2) is 27.8 Å². The zero-order valence-electron chi connectivity index (χ0n) is 12.8. The summed E-state index contributed by atoms with van der Waals surface area (Å²) in [5.41, 5.74) is 1.82. The molecule has 1 aromatic carbocycles. The van der Waals surface area contributed by atoms with Gasteiger partial charge in [0.2, 0.25) is 0 Å². The zero-order chi connectivity index (χ0) is 15.2. The summed E-state index contributed by atoms with van der Waals surface area (Å²) in [4.78, 5) is 0. The normalized spacial score (nSPS) is 13.2. The van der Waals surface area contributed by atoms with Crippen LogP contribution in [0, 0.1) is 0 Å². The molecule has 114 valence electrons. The minimum atomic E-state index is -3.07. The minimum absolute atomic E-state index is 0.0384. The minimum Gasteiger partial charge on any atom is -0.496 e. The van der Waals surface area contributed by atoms with Crippen molar-refractivity contribution in [1.82, 2.24) is 5.32 Å². The van der Waals surface area contributed by atoms with Gasteiger partial charge in [0.25, 0.3) is 0 Å². The number of ether oxygens (including phenoxy) is 1. The van der Waals surface area contributed by atoms with Crippen molar-refractivity contribution in [3.8, 4) is 5.75 Å². The second-order valence-corrected chi connectivity index (χ2v) is 7.13. The van der Waals surface area contributed by atoms with Crippen LogP contribution in [0.5, 0.6) is 5.75 Å². The molecule has 4 nitrogen and oxygen atoms in total. The molecular weight excluding hydrogens is 274 g/mol. The van der Waals surface area contributed by atoms with Crippen molar-refractivity contribution in [2.45, 2.75) is 39.0 Å². The molecule has 5 heteroatoms. The number of rotatable bonds is 8. The van der Waals surface area contributed by atoms with E-state index in [9.17, 15) is 8.42 Å². The Kier molecular flexibility index (Phi) is 6.49. The molecule has 0 bridgehead atoms. The van der Waals surface area contributed by atoms with E-state index in [1.807, 2.05) is 32.0 Å². The summed E-state index contributed by atoms with van der Waals surface area (Å²) in [5, 5.41) is 3.32. The van der Waals surface area contributed by atoms with Crippen molar-refractivity contribution < 1.29 is 13.2 Å². The fourth-order valence-corrected chi connectivity index (χ4v) is 3.69. The van der Waals surface area contributed by atoms with Crippen molar-refractivity contribution in [3.63, 3.8) is 0 Å². The molecule has 0 fully saturated rings. The van der Waals surface area contributed by atoms with Gasteiger partial charge in [-0.1, -0.05) is 19.9 Å². The van der Waals surface area contributed by atoms with Crippen LogP contribution in [0.1, 0.15) is 44.4 Å². The first kappa shape index (κ1) is 17.0. The smallest absolute Gasteiger partial charge is 0.154 e. The largest absolute Gasteiger partial charge is 0.496 e. The topological polar surface area (TPSA) is 55.4 Å². The standard InChI is InChI=1S/C15H25NO3S/c1-5-9-20(17,18)11-14-10-13(12(3)16-6-2)7-8-15(14)19-4/h7-8,10,12,16H,5-6,9,11H2,1-4H3. The lowest BCUT2D eigenvalue weighted by molar-refractivity contribution is 0.410. The summed E-state index contributed by atoms with van der Waals surface area (Å²) >= 11 is 0. The number of nitrogens with one attached hydrogen (secondary N) is 1. The summed E-state index contributed by atoms with van der Waals surface area (Å²) in [6, 6.07) is 5.94. The molecule has 20 heavy (non-hydrogen) atoms. The van der Waals surface area contributed by atoms with Crippen LogP contribution in [0.2, 0.25) is 0 Å². The number of hydrogen-bond acceptors (Lipinski definition) is 4. The number of benzene rings is 1. The maximum Gasteiger partial charge on any atom is 0.154 e. The average Bonchev–Trinajstić information content (AvgIpc) is 2.38. The van der Waals surface area contributed by atoms with Gasteiger partial charge in [0.05, 0.1) is 18.6 Å². The number of methoxy groups -OCH3 is 1. The van der Waals surface area contributed by atoms with E-state index in [-0.39, 0.29) is 17.5 Å². The Hall–Kier alpha value is -1.07. The molecule has 0 radical (unpaired) electrons. The molecule has 1 unspecified atom stereocenters. The Balaban J connectivity index is 3.06. The van der Waals surface area contributed by atoms with Crippen molar-refractivity contribution in [3.05, 3.63) is 29.3 Å². The van der Waals surface area contributed by atoms with Crippen LogP contribution in [0.15, 0.2) is 18.2 Å². The second kappa shape index (κ2) is 7.64. The quantitative estimate of drug-likeness (QED) is 0.802. The monoisotopic (exact) mass is 299 g/mol. The summed E-state index contributed by atoms with van der Waals surface area (Å²) in [5.74, 6) is 0.886. The predicted molar refractivity (Wildman–Crippen MR) is 82.9 cm³/mol.